The minimum atomic E-state index is -4.20. The third-order valence-electron chi connectivity index (χ3n) is 5.15. The quantitative estimate of drug-likeness (QED) is 0.367. The van der Waals surface area contributed by atoms with Crippen LogP contribution in [-0.2, 0) is 14.8 Å². The summed E-state index contributed by atoms with van der Waals surface area (Å²) in [7, 11) is -4.20. The molecule has 0 unspecified atom stereocenters. The summed E-state index contributed by atoms with van der Waals surface area (Å²) in [5.41, 5.74) is 0.891. The van der Waals surface area contributed by atoms with Gasteiger partial charge in [0.05, 0.1) is 20.8 Å². The smallest absolute Gasteiger partial charge is 0.265 e. The molecular formula is C24H17FN4O3S2. The van der Waals surface area contributed by atoms with Crippen molar-refractivity contribution in [3.8, 4) is 0 Å². The van der Waals surface area contributed by atoms with Gasteiger partial charge in [-0.15, -0.1) is 0 Å². The number of para-hydroxylation sites is 1. The highest BCUT2D eigenvalue weighted by atomic mass is 32.2. The third-order valence-corrected chi connectivity index (χ3v) is 7.93. The second kappa shape index (κ2) is 8.81. The Kier molecular flexibility index (Phi) is 5.68. The van der Waals surface area contributed by atoms with Crippen LogP contribution in [0.1, 0.15) is 0 Å². The Bertz CT molecular complexity index is 1580. The summed E-state index contributed by atoms with van der Waals surface area (Å²) < 4.78 is 43.0. The van der Waals surface area contributed by atoms with Gasteiger partial charge in [0.15, 0.2) is 5.13 Å². The Morgan fingerprint density at radius 3 is 2.59 bits per heavy atom. The predicted octanol–water partition coefficient (Wildman–Crippen LogP) is 4.82. The van der Waals surface area contributed by atoms with Gasteiger partial charge in [-0.3, -0.25) is 14.1 Å². The molecule has 5 rings (SSSR count). The number of fused-ring (bicyclic) bond motifs is 2. The second-order valence-electron chi connectivity index (χ2n) is 7.38. The van der Waals surface area contributed by atoms with Crippen LogP contribution in [0.25, 0.3) is 21.0 Å². The number of nitrogens with one attached hydrogen (secondary N) is 1. The first-order valence-corrected chi connectivity index (χ1v) is 12.4. The molecule has 0 spiro atoms. The number of sulfonamides is 1. The molecule has 0 saturated heterocycles. The highest BCUT2D eigenvalue weighted by Crippen LogP contribution is 2.30. The number of hydrogen-bond acceptors (Lipinski definition) is 6. The van der Waals surface area contributed by atoms with E-state index in [1.54, 1.807) is 24.4 Å². The third kappa shape index (κ3) is 4.20. The van der Waals surface area contributed by atoms with Crippen LogP contribution in [0, 0.1) is 5.82 Å². The molecule has 0 radical (unpaired) electrons. The van der Waals surface area contributed by atoms with E-state index in [0.29, 0.717) is 15.9 Å². The summed E-state index contributed by atoms with van der Waals surface area (Å²) >= 11 is 1.29. The van der Waals surface area contributed by atoms with E-state index in [1.165, 1.54) is 35.7 Å². The zero-order chi connectivity index (χ0) is 23.7. The Balaban J connectivity index is 1.52. The van der Waals surface area contributed by atoms with Gasteiger partial charge >= 0.3 is 0 Å². The summed E-state index contributed by atoms with van der Waals surface area (Å²) in [5.74, 6) is -1.09. The predicted molar refractivity (Wildman–Crippen MR) is 131 cm³/mol. The average Bonchev–Trinajstić information content (AvgIpc) is 3.25. The number of amides is 1. The van der Waals surface area contributed by atoms with Crippen molar-refractivity contribution in [1.82, 2.24) is 9.97 Å². The lowest BCUT2D eigenvalue weighted by atomic mass is 10.2. The molecule has 10 heteroatoms. The van der Waals surface area contributed by atoms with E-state index >= 15 is 0 Å². The molecule has 170 valence electrons. The number of thiazole rings is 1. The number of aromatic nitrogens is 2. The monoisotopic (exact) mass is 492 g/mol. The molecular weight excluding hydrogens is 475 g/mol. The molecule has 7 nitrogen and oxygen atoms in total. The highest BCUT2D eigenvalue weighted by Gasteiger charge is 2.29. The van der Waals surface area contributed by atoms with E-state index in [0.717, 1.165) is 26.7 Å². The summed E-state index contributed by atoms with van der Waals surface area (Å²) in [5, 5.41) is 4.15. The van der Waals surface area contributed by atoms with E-state index in [9.17, 15) is 17.6 Å². The van der Waals surface area contributed by atoms with Crippen LogP contribution >= 0.6 is 11.3 Å². The molecule has 3 aromatic carbocycles. The molecule has 0 atom stereocenters. The van der Waals surface area contributed by atoms with Gasteiger partial charge in [-0.05, 0) is 48.5 Å². The first-order valence-electron chi connectivity index (χ1n) is 10.2. The van der Waals surface area contributed by atoms with Crippen molar-refractivity contribution in [1.29, 1.82) is 0 Å². The fourth-order valence-corrected chi connectivity index (χ4v) is 6.09. The van der Waals surface area contributed by atoms with Gasteiger partial charge in [0.25, 0.3) is 10.0 Å². The Labute approximate surface area is 198 Å². The first-order chi connectivity index (χ1) is 16.4. The van der Waals surface area contributed by atoms with Gasteiger partial charge in [-0.25, -0.2) is 17.8 Å². The van der Waals surface area contributed by atoms with E-state index in [4.69, 9.17) is 0 Å². The van der Waals surface area contributed by atoms with Crippen LogP contribution < -0.4 is 9.62 Å². The molecule has 5 aromatic rings. The van der Waals surface area contributed by atoms with Crippen LogP contribution in [0.3, 0.4) is 0 Å². The van der Waals surface area contributed by atoms with E-state index in [2.05, 4.69) is 15.3 Å². The maximum atomic E-state index is 13.8. The molecule has 34 heavy (non-hydrogen) atoms. The van der Waals surface area contributed by atoms with Crippen LogP contribution in [-0.4, -0.2) is 30.8 Å². The normalized spacial score (nSPS) is 11.6. The van der Waals surface area contributed by atoms with Gasteiger partial charge in [-0.1, -0.05) is 35.6 Å². The molecule has 0 aliphatic heterocycles. The van der Waals surface area contributed by atoms with Crippen LogP contribution in [0.5, 0.6) is 0 Å². The summed E-state index contributed by atoms with van der Waals surface area (Å²) in [6.45, 7) is -0.522. The Hall–Kier alpha value is -3.89. The first kappa shape index (κ1) is 21.9. The molecule has 2 aromatic heterocycles. The standard InChI is InChI=1S/C24H17FN4O3S2/c25-17-8-10-18(11-9-17)29(15-23(30)28-24-27-20-5-1-2-6-21(20)33-24)34(31,32)22-7-3-4-16-14-26-13-12-19(16)22/h1-14H,15H2,(H,27,28,30). The van der Waals surface area contributed by atoms with Crippen LogP contribution in [0.2, 0.25) is 0 Å². The number of carbonyl (C=O) groups excluding carboxylic acids is 1. The van der Waals surface area contributed by atoms with Crippen molar-refractivity contribution >= 4 is 59.1 Å². The molecule has 0 saturated carbocycles. The largest absolute Gasteiger partial charge is 0.300 e. The number of carbonyl (C=O) groups is 1. The number of benzene rings is 3. The van der Waals surface area contributed by atoms with Crippen molar-refractivity contribution < 1.29 is 17.6 Å². The molecule has 1 amide bonds. The maximum absolute atomic E-state index is 13.8. The Morgan fingerprint density at radius 1 is 1.00 bits per heavy atom. The number of pyridine rings is 1. The van der Waals surface area contributed by atoms with Crippen LogP contribution in [0.4, 0.5) is 15.2 Å². The lowest BCUT2D eigenvalue weighted by Gasteiger charge is -2.24. The lowest BCUT2D eigenvalue weighted by molar-refractivity contribution is -0.114. The molecule has 2 heterocycles. The van der Waals surface area contributed by atoms with Crippen LogP contribution in [0.15, 0.2) is 90.1 Å². The van der Waals surface area contributed by atoms with Gasteiger partial charge in [-0.2, -0.15) is 0 Å². The van der Waals surface area contributed by atoms with Crippen molar-refractivity contribution in [2.75, 3.05) is 16.2 Å². The van der Waals surface area contributed by atoms with E-state index < -0.39 is 28.3 Å². The van der Waals surface area contributed by atoms with Crippen molar-refractivity contribution in [2.45, 2.75) is 4.90 Å². The van der Waals surface area contributed by atoms with E-state index in [1.807, 2.05) is 24.3 Å². The average molecular weight is 493 g/mol. The zero-order valence-corrected chi connectivity index (χ0v) is 19.2. The van der Waals surface area contributed by atoms with Crippen molar-refractivity contribution in [3.63, 3.8) is 0 Å². The summed E-state index contributed by atoms with van der Waals surface area (Å²) in [4.78, 5) is 21.4. The maximum Gasteiger partial charge on any atom is 0.265 e. The highest BCUT2D eigenvalue weighted by molar-refractivity contribution is 7.93. The Morgan fingerprint density at radius 2 is 1.79 bits per heavy atom. The SMILES string of the molecule is O=C(CN(c1ccc(F)cc1)S(=O)(=O)c1cccc2cnccc12)Nc1nc2ccccc2s1. The number of halogens is 1. The number of nitrogens with zero attached hydrogens (tertiary/aromatic N) is 3. The fraction of sp³-hybridized carbons (Fsp3) is 0.0417. The van der Waals surface area contributed by atoms with Gasteiger partial charge in [0.2, 0.25) is 5.91 Å². The summed E-state index contributed by atoms with van der Waals surface area (Å²) in [6.07, 6.45) is 3.07. The topological polar surface area (TPSA) is 92.3 Å². The van der Waals surface area contributed by atoms with Gasteiger partial charge in [0.1, 0.15) is 12.4 Å². The fourth-order valence-electron chi connectivity index (χ4n) is 3.57. The lowest BCUT2D eigenvalue weighted by Crippen LogP contribution is -2.38. The summed E-state index contributed by atoms with van der Waals surface area (Å²) in [6, 6.07) is 18.8. The number of hydrogen-bond donors (Lipinski definition) is 1. The molecule has 0 fully saturated rings. The molecule has 0 aliphatic carbocycles. The minimum Gasteiger partial charge on any atom is -0.300 e. The van der Waals surface area contributed by atoms with Gasteiger partial charge < -0.3 is 5.32 Å². The van der Waals surface area contributed by atoms with Gasteiger partial charge in [0, 0.05) is 23.2 Å². The second-order valence-corrected chi connectivity index (χ2v) is 10.2. The number of anilines is 2. The number of rotatable bonds is 6. The minimum absolute atomic E-state index is 0.0181. The molecule has 0 bridgehead atoms. The van der Waals surface area contributed by atoms with E-state index in [-0.39, 0.29) is 10.6 Å². The van der Waals surface area contributed by atoms with Crippen molar-refractivity contribution in [2.24, 2.45) is 0 Å². The van der Waals surface area contributed by atoms with Crippen molar-refractivity contribution in [3.05, 3.63) is 91.0 Å². The molecule has 0 aliphatic rings. The zero-order valence-electron chi connectivity index (χ0n) is 17.6. The molecule has 1 N–H and O–H groups in total.